The first-order valence-corrected chi connectivity index (χ1v) is 15.0. The van der Waals surface area contributed by atoms with E-state index >= 15 is 0 Å². The molecule has 0 saturated carbocycles. The van der Waals surface area contributed by atoms with Crippen LogP contribution in [0.4, 0.5) is 0 Å². The fourth-order valence-electron chi connectivity index (χ4n) is 6.71. The van der Waals surface area contributed by atoms with Gasteiger partial charge in [-0.3, -0.25) is 0 Å². The van der Waals surface area contributed by atoms with E-state index in [9.17, 15) is 30.3 Å². The predicted octanol–water partition coefficient (Wildman–Crippen LogP) is 1.27. The first-order chi connectivity index (χ1) is 22.6. The lowest BCUT2D eigenvalue weighted by Crippen LogP contribution is -2.71. The van der Waals surface area contributed by atoms with Crippen molar-refractivity contribution in [1.82, 2.24) is 10.6 Å². The monoisotopic (exact) mass is 654 g/mol. The van der Waals surface area contributed by atoms with Gasteiger partial charge in [-0.05, 0) is 55.1 Å². The number of carbonyl (C=O) groups is 1. The number of likely N-dealkylation sites (N-methyl/N-ethyl adjacent to an activating group) is 1. The normalized spacial score (nSPS) is 27.5. The summed E-state index contributed by atoms with van der Waals surface area (Å²) in [5.41, 5.74) is 1.34. The zero-order valence-corrected chi connectivity index (χ0v) is 26.2. The molecule has 7 unspecified atom stereocenters. The number of fused-ring (bicyclic) bond motifs is 5. The molecule has 3 aromatic carbocycles. The summed E-state index contributed by atoms with van der Waals surface area (Å²) >= 11 is 0. The molecule has 1 saturated heterocycles. The van der Waals surface area contributed by atoms with E-state index in [1.807, 2.05) is 13.1 Å². The molecule has 7 N–H and O–H groups in total. The van der Waals surface area contributed by atoms with E-state index < -0.39 is 42.3 Å². The summed E-state index contributed by atoms with van der Waals surface area (Å²) in [5.74, 6) is 0.182. The molecule has 7 atom stereocenters. The zero-order chi connectivity index (χ0) is 33.6. The number of rotatable bonds is 10. The molecule has 47 heavy (non-hydrogen) atoms. The number of phenolic OH excluding ortho intramolecular Hbond substituents is 1. The molecule has 0 aromatic heterocycles. The number of carboxylic acid groups (broad SMARTS) is 1. The Morgan fingerprint density at radius 2 is 1.81 bits per heavy atom. The van der Waals surface area contributed by atoms with E-state index in [1.165, 1.54) is 13.1 Å². The van der Waals surface area contributed by atoms with Crippen molar-refractivity contribution in [3.63, 3.8) is 0 Å². The molecule has 0 aliphatic carbocycles. The quantitative estimate of drug-likeness (QED) is 0.165. The first kappa shape index (κ1) is 32.6. The van der Waals surface area contributed by atoms with E-state index in [2.05, 4.69) is 10.6 Å². The number of phenols is 1. The maximum absolute atomic E-state index is 12.3. The van der Waals surface area contributed by atoms with Crippen molar-refractivity contribution in [3.8, 4) is 45.6 Å². The van der Waals surface area contributed by atoms with Crippen LogP contribution in [0.3, 0.4) is 0 Å². The van der Waals surface area contributed by atoms with Crippen LogP contribution in [0.15, 0.2) is 42.5 Å². The van der Waals surface area contributed by atoms with E-state index in [-0.39, 0.29) is 30.6 Å². The molecule has 0 amide bonds. The van der Waals surface area contributed by atoms with Crippen LogP contribution in [0.5, 0.6) is 34.5 Å². The van der Waals surface area contributed by atoms with Crippen molar-refractivity contribution in [2.45, 2.75) is 48.8 Å². The standard InChI is InChI=1S/C33H38N2O12/c1-34-12-16-9-22(42-3)28(43-4)29-23(16)20-13-44-21-11-18(10-19(24(21)27(20)46-29)15-6-5-7-17(36)8-15)45-31-26(38)25(37)30(39)33(47-31,14-35-2)32(40)41/h5-11,20,25-27,30-31,34-39H,12-14H2,1-4H3,(H,40,41). The third-order valence-electron chi connectivity index (χ3n) is 8.88. The van der Waals surface area contributed by atoms with Crippen LogP contribution >= 0.6 is 0 Å². The zero-order valence-electron chi connectivity index (χ0n) is 26.2. The summed E-state index contributed by atoms with van der Waals surface area (Å²) in [6.45, 7) is 0.362. The van der Waals surface area contributed by atoms with Gasteiger partial charge in [-0.25, -0.2) is 4.79 Å². The number of aromatic hydroxyl groups is 1. The largest absolute Gasteiger partial charge is 0.508 e. The van der Waals surface area contributed by atoms with Gasteiger partial charge in [0.1, 0.15) is 41.7 Å². The summed E-state index contributed by atoms with van der Waals surface area (Å²) < 4.78 is 36.1. The number of aliphatic hydroxyl groups excluding tert-OH is 3. The molecule has 0 spiro atoms. The summed E-state index contributed by atoms with van der Waals surface area (Å²) in [5, 5.41) is 58.3. The van der Waals surface area contributed by atoms with Gasteiger partial charge in [0.15, 0.2) is 11.5 Å². The Hall–Kier alpha value is -4.31. The number of aliphatic hydroxyl groups is 3. The van der Waals surface area contributed by atoms with Gasteiger partial charge in [-0.15, -0.1) is 0 Å². The molecule has 252 valence electrons. The second-order valence-electron chi connectivity index (χ2n) is 11.7. The first-order valence-electron chi connectivity index (χ1n) is 15.0. The highest BCUT2D eigenvalue weighted by Crippen LogP contribution is 2.59. The molecular formula is C33H38N2O12. The van der Waals surface area contributed by atoms with Crippen molar-refractivity contribution in [2.75, 3.05) is 41.5 Å². The lowest BCUT2D eigenvalue weighted by Gasteiger charge is -2.45. The van der Waals surface area contributed by atoms with Gasteiger partial charge in [0.2, 0.25) is 17.6 Å². The SMILES string of the molecule is CNCc1cc(OC)c(OC)c2c1C1COc3cc(OC4OC(CNC)(C(=O)O)C(O)C(O)C4O)cc(-c4cccc(O)c4)c3C1O2. The molecule has 1 fully saturated rings. The van der Waals surface area contributed by atoms with E-state index in [0.717, 1.165) is 11.1 Å². The molecule has 14 nitrogen and oxygen atoms in total. The third-order valence-corrected chi connectivity index (χ3v) is 8.88. The van der Waals surface area contributed by atoms with Gasteiger partial charge in [0.05, 0.1) is 26.7 Å². The van der Waals surface area contributed by atoms with Gasteiger partial charge < -0.3 is 64.6 Å². The number of nitrogens with one attached hydrogen (secondary N) is 2. The van der Waals surface area contributed by atoms with Crippen molar-refractivity contribution in [2.24, 2.45) is 0 Å². The van der Waals surface area contributed by atoms with Crippen LogP contribution in [0, 0.1) is 0 Å². The van der Waals surface area contributed by atoms with Crippen molar-refractivity contribution >= 4 is 5.97 Å². The molecule has 3 aromatic rings. The smallest absolute Gasteiger partial charge is 0.340 e. The Balaban J connectivity index is 1.46. The van der Waals surface area contributed by atoms with Crippen LogP contribution in [-0.2, 0) is 16.1 Å². The summed E-state index contributed by atoms with van der Waals surface area (Å²) in [7, 11) is 6.40. The molecule has 14 heteroatoms. The second kappa shape index (κ2) is 12.7. The van der Waals surface area contributed by atoms with Gasteiger partial charge in [0, 0.05) is 30.3 Å². The van der Waals surface area contributed by atoms with Gasteiger partial charge >= 0.3 is 5.97 Å². The van der Waals surface area contributed by atoms with Crippen LogP contribution in [0.25, 0.3) is 11.1 Å². The molecule has 6 rings (SSSR count). The summed E-state index contributed by atoms with van der Waals surface area (Å²) in [6.07, 6.45) is -7.92. The Kier molecular flexibility index (Phi) is 8.82. The van der Waals surface area contributed by atoms with Gasteiger partial charge in [-0.2, -0.15) is 0 Å². The second-order valence-corrected chi connectivity index (χ2v) is 11.7. The van der Waals surface area contributed by atoms with Crippen LogP contribution in [0.2, 0.25) is 0 Å². The minimum absolute atomic E-state index is 0.00985. The summed E-state index contributed by atoms with van der Waals surface area (Å²) in [4.78, 5) is 12.3. The fourth-order valence-corrected chi connectivity index (χ4v) is 6.71. The molecule has 3 heterocycles. The van der Waals surface area contributed by atoms with Crippen molar-refractivity contribution in [3.05, 3.63) is 59.2 Å². The summed E-state index contributed by atoms with van der Waals surface area (Å²) in [6, 6.07) is 11.7. The number of ether oxygens (including phenoxy) is 6. The lowest BCUT2D eigenvalue weighted by atomic mass is 9.83. The topological polar surface area (TPSA) is 198 Å². The highest BCUT2D eigenvalue weighted by atomic mass is 16.7. The number of hydrogen-bond acceptors (Lipinski definition) is 13. The Labute approximate surface area is 270 Å². The minimum atomic E-state index is -2.32. The number of carboxylic acids is 1. The van der Waals surface area contributed by atoms with Crippen molar-refractivity contribution < 1.29 is 58.7 Å². The Bertz CT molecular complexity index is 1670. The van der Waals surface area contributed by atoms with E-state index in [1.54, 1.807) is 44.6 Å². The van der Waals surface area contributed by atoms with E-state index in [0.29, 0.717) is 46.2 Å². The molecule has 0 radical (unpaired) electrons. The molecule has 3 aliphatic rings. The Morgan fingerprint density at radius 1 is 1.02 bits per heavy atom. The number of aliphatic carboxylic acids is 1. The van der Waals surface area contributed by atoms with Crippen LogP contribution in [0.1, 0.15) is 28.7 Å². The van der Waals surface area contributed by atoms with Gasteiger partial charge in [0.25, 0.3) is 0 Å². The number of hydrogen-bond donors (Lipinski definition) is 7. The fraction of sp³-hybridized carbons (Fsp3) is 0.424. The van der Waals surface area contributed by atoms with Crippen LogP contribution < -0.4 is 34.3 Å². The maximum atomic E-state index is 12.3. The highest BCUT2D eigenvalue weighted by molar-refractivity contribution is 5.79. The third kappa shape index (κ3) is 5.36. The predicted molar refractivity (Wildman–Crippen MR) is 165 cm³/mol. The average molecular weight is 655 g/mol. The lowest BCUT2D eigenvalue weighted by molar-refractivity contribution is -0.305. The maximum Gasteiger partial charge on any atom is 0.340 e. The highest BCUT2D eigenvalue weighted by Gasteiger charge is 2.59. The Morgan fingerprint density at radius 3 is 2.47 bits per heavy atom. The molecule has 3 aliphatic heterocycles. The van der Waals surface area contributed by atoms with E-state index in [4.69, 9.17) is 28.4 Å². The number of methoxy groups -OCH3 is 2. The molecular weight excluding hydrogens is 616 g/mol. The van der Waals surface area contributed by atoms with Crippen molar-refractivity contribution in [1.29, 1.82) is 0 Å². The van der Waals surface area contributed by atoms with Gasteiger partial charge in [-0.1, -0.05) is 12.1 Å². The number of benzene rings is 3. The molecule has 0 bridgehead atoms. The minimum Gasteiger partial charge on any atom is -0.508 e. The van der Waals surface area contributed by atoms with Crippen LogP contribution in [-0.4, -0.2) is 103 Å². The average Bonchev–Trinajstić information content (AvgIpc) is 3.45.